The minimum atomic E-state index is 0.526. The lowest BCUT2D eigenvalue weighted by atomic mass is 10.0. The molecule has 84 valence electrons. The van der Waals surface area contributed by atoms with Gasteiger partial charge in [-0.3, -0.25) is 0 Å². The van der Waals surface area contributed by atoms with Crippen LogP contribution in [0.1, 0.15) is 45.2 Å². The highest BCUT2D eigenvalue weighted by atomic mass is 14.9. The molecule has 0 aliphatic rings. The van der Waals surface area contributed by atoms with Gasteiger partial charge in [-0.2, -0.15) is 0 Å². The highest BCUT2D eigenvalue weighted by Crippen LogP contribution is 2.18. The van der Waals surface area contributed by atoms with E-state index in [4.69, 9.17) is 0 Å². The van der Waals surface area contributed by atoms with Crippen molar-refractivity contribution in [3.63, 3.8) is 0 Å². The number of benzene rings is 1. The maximum atomic E-state index is 3.64. The fourth-order valence-corrected chi connectivity index (χ4v) is 1.74. The Morgan fingerprint density at radius 1 is 1.13 bits per heavy atom. The van der Waals surface area contributed by atoms with Gasteiger partial charge in [-0.15, -0.1) is 0 Å². The molecule has 1 atom stereocenters. The second-order valence-corrected chi connectivity index (χ2v) is 4.55. The highest BCUT2D eigenvalue weighted by Gasteiger charge is 2.09. The molecule has 0 heterocycles. The molecule has 1 unspecified atom stereocenters. The van der Waals surface area contributed by atoms with Crippen molar-refractivity contribution in [2.75, 3.05) is 6.54 Å². The Morgan fingerprint density at radius 3 is 2.33 bits per heavy atom. The van der Waals surface area contributed by atoms with Gasteiger partial charge >= 0.3 is 0 Å². The van der Waals surface area contributed by atoms with Crippen LogP contribution in [0.25, 0.3) is 0 Å². The van der Waals surface area contributed by atoms with E-state index in [2.05, 4.69) is 56.4 Å². The molecule has 0 radical (unpaired) electrons. The van der Waals surface area contributed by atoms with Crippen LogP contribution in [0.2, 0.25) is 0 Å². The van der Waals surface area contributed by atoms with Gasteiger partial charge in [-0.25, -0.2) is 0 Å². The molecule has 0 saturated carbocycles. The van der Waals surface area contributed by atoms with Crippen LogP contribution < -0.4 is 5.32 Å². The predicted octanol–water partition coefficient (Wildman–Crippen LogP) is 3.77. The number of hydrogen-bond acceptors (Lipinski definition) is 1. The molecule has 15 heavy (non-hydrogen) atoms. The minimum absolute atomic E-state index is 0.526. The third kappa shape index (κ3) is 4.48. The van der Waals surface area contributed by atoms with Gasteiger partial charge < -0.3 is 5.32 Å². The Morgan fingerprint density at radius 2 is 1.80 bits per heavy atom. The van der Waals surface area contributed by atoms with Gasteiger partial charge in [0, 0.05) is 6.04 Å². The summed E-state index contributed by atoms with van der Waals surface area (Å²) in [6.07, 6.45) is 2.45. The average Bonchev–Trinajstić information content (AvgIpc) is 2.25. The van der Waals surface area contributed by atoms with E-state index < -0.39 is 0 Å². The van der Waals surface area contributed by atoms with E-state index in [1.165, 1.54) is 18.4 Å². The Balaban J connectivity index is 2.57. The third-order valence-corrected chi connectivity index (χ3v) is 2.55. The fourth-order valence-electron chi connectivity index (χ4n) is 1.74. The van der Waals surface area contributed by atoms with Gasteiger partial charge in [0.15, 0.2) is 0 Å². The average molecular weight is 205 g/mol. The van der Waals surface area contributed by atoms with Crippen LogP contribution in [-0.4, -0.2) is 6.54 Å². The summed E-state index contributed by atoms with van der Waals surface area (Å²) in [4.78, 5) is 0. The lowest BCUT2D eigenvalue weighted by Gasteiger charge is -2.19. The molecular formula is C14H23N. The Bertz CT molecular complexity index is 253. The third-order valence-electron chi connectivity index (χ3n) is 2.55. The molecule has 1 aromatic carbocycles. The Labute approximate surface area is 93.9 Å². The Hall–Kier alpha value is -0.820. The summed E-state index contributed by atoms with van der Waals surface area (Å²) in [5.74, 6) is 0.716. The molecule has 0 spiro atoms. The molecule has 1 N–H and O–H groups in total. The number of nitrogens with one attached hydrogen (secondary N) is 1. The zero-order valence-electron chi connectivity index (χ0n) is 10.2. The van der Waals surface area contributed by atoms with Gasteiger partial charge in [-0.1, -0.05) is 57.5 Å². The van der Waals surface area contributed by atoms with Crippen LogP contribution in [0.15, 0.2) is 30.3 Å². The van der Waals surface area contributed by atoms with E-state index in [1.54, 1.807) is 0 Å². The van der Waals surface area contributed by atoms with Crippen LogP contribution in [0.5, 0.6) is 0 Å². The second-order valence-electron chi connectivity index (χ2n) is 4.55. The summed E-state index contributed by atoms with van der Waals surface area (Å²) in [6, 6.07) is 11.3. The fraction of sp³-hybridized carbons (Fsp3) is 0.571. The molecule has 1 aromatic rings. The zero-order chi connectivity index (χ0) is 11.1. The van der Waals surface area contributed by atoms with E-state index in [0.29, 0.717) is 12.0 Å². The molecule has 1 rings (SSSR count). The molecule has 1 heteroatoms. The van der Waals surface area contributed by atoms with Crippen LogP contribution in [0, 0.1) is 5.92 Å². The van der Waals surface area contributed by atoms with E-state index in [-0.39, 0.29) is 0 Å². The zero-order valence-corrected chi connectivity index (χ0v) is 10.2. The van der Waals surface area contributed by atoms with Crippen LogP contribution in [0.3, 0.4) is 0 Å². The standard InChI is InChI=1S/C14H23N/c1-4-8-14(15-11-12(2)3)13-9-6-5-7-10-13/h5-7,9-10,12,14-15H,4,8,11H2,1-3H3. The normalized spacial score (nSPS) is 13.1. The SMILES string of the molecule is CCCC(NCC(C)C)c1ccccc1. The van der Waals surface area contributed by atoms with Crippen molar-refractivity contribution >= 4 is 0 Å². The molecule has 0 bridgehead atoms. The maximum absolute atomic E-state index is 3.64. The highest BCUT2D eigenvalue weighted by molar-refractivity contribution is 5.18. The maximum Gasteiger partial charge on any atom is 0.0320 e. The molecule has 0 fully saturated rings. The lowest BCUT2D eigenvalue weighted by molar-refractivity contribution is 0.449. The van der Waals surface area contributed by atoms with Crippen molar-refractivity contribution in [2.45, 2.75) is 39.7 Å². The van der Waals surface area contributed by atoms with E-state index in [9.17, 15) is 0 Å². The van der Waals surface area contributed by atoms with E-state index in [0.717, 1.165) is 6.54 Å². The van der Waals surface area contributed by atoms with Gasteiger partial charge in [-0.05, 0) is 24.4 Å². The largest absolute Gasteiger partial charge is 0.310 e. The molecule has 1 nitrogen and oxygen atoms in total. The number of rotatable bonds is 6. The molecule has 0 aromatic heterocycles. The summed E-state index contributed by atoms with van der Waals surface area (Å²) in [5, 5.41) is 3.64. The lowest BCUT2D eigenvalue weighted by Crippen LogP contribution is -2.25. The topological polar surface area (TPSA) is 12.0 Å². The predicted molar refractivity (Wildman–Crippen MR) is 66.9 cm³/mol. The first-order valence-electron chi connectivity index (χ1n) is 6.02. The first-order chi connectivity index (χ1) is 7.24. The van der Waals surface area contributed by atoms with Gasteiger partial charge in [0.25, 0.3) is 0 Å². The summed E-state index contributed by atoms with van der Waals surface area (Å²) < 4.78 is 0. The van der Waals surface area contributed by atoms with Crippen LogP contribution in [-0.2, 0) is 0 Å². The second kappa shape index (κ2) is 6.62. The van der Waals surface area contributed by atoms with Crippen molar-refractivity contribution in [3.05, 3.63) is 35.9 Å². The summed E-state index contributed by atoms with van der Waals surface area (Å²) in [5.41, 5.74) is 1.42. The van der Waals surface area contributed by atoms with Crippen molar-refractivity contribution in [2.24, 2.45) is 5.92 Å². The van der Waals surface area contributed by atoms with Crippen LogP contribution >= 0.6 is 0 Å². The van der Waals surface area contributed by atoms with Crippen molar-refractivity contribution in [1.29, 1.82) is 0 Å². The van der Waals surface area contributed by atoms with Crippen molar-refractivity contribution < 1.29 is 0 Å². The Kier molecular flexibility index (Phi) is 5.41. The molecule has 0 aliphatic heterocycles. The van der Waals surface area contributed by atoms with Gasteiger partial charge in [0.2, 0.25) is 0 Å². The van der Waals surface area contributed by atoms with Gasteiger partial charge in [0.1, 0.15) is 0 Å². The summed E-state index contributed by atoms with van der Waals surface area (Å²) in [7, 11) is 0. The summed E-state index contributed by atoms with van der Waals surface area (Å²) >= 11 is 0. The van der Waals surface area contributed by atoms with Crippen LogP contribution in [0.4, 0.5) is 0 Å². The summed E-state index contributed by atoms with van der Waals surface area (Å²) in [6.45, 7) is 7.84. The first-order valence-corrected chi connectivity index (χ1v) is 6.02. The molecular weight excluding hydrogens is 182 g/mol. The molecule has 0 aliphatic carbocycles. The van der Waals surface area contributed by atoms with E-state index in [1.807, 2.05) is 0 Å². The van der Waals surface area contributed by atoms with Crippen molar-refractivity contribution in [3.8, 4) is 0 Å². The van der Waals surface area contributed by atoms with Crippen molar-refractivity contribution in [1.82, 2.24) is 5.32 Å². The number of hydrogen-bond donors (Lipinski definition) is 1. The monoisotopic (exact) mass is 205 g/mol. The smallest absolute Gasteiger partial charge is 0.0320 e. The van der Waals surface area contributed by atoms with Gasteiger partial charge in [0.05, 0.1) is 0 Å². The molecule has 0 saturated heterocycles. The quantitative estimate of drug-likeness (QED) is 0.745. The minimum Gasteiger partial charge on any atom is -0.310 e. The first kappa shape index (κ1) is 12.3. The molecule has 0 amide bonds. The van der Waals surface area contributed by atoms with E-state index >= 15 is 0 Å².